The highest BCUT2D eigenvalue weighted by atomic mass is 127. The van der Waals surface area contributed by atoms with E-state index >= 15 is 0 Å². The first-order valence-electron chi connectivity index (χ1n) is 9.44. The summed E-state index contributed by atoms with van der Waals surface area (Å²) in [6.07, 6.45) is 4.90. The van der Waals surface area contributed by atoms with Gasteiger partial charge >= 0.3 is 0 Å². The predicted molar refractivity (Wildman–Crippen MR) is 121 cm³/mol. The third-order valence-electron chi connectivity index (χ3n) is 5.09. The Balaban J connectivity index is 0.00000364. The lowest BCUT2D eigenvalue weighted by molar-refractivity contribution is 0.0732. The lowest BCUT2D eigenvalue weighted by atomic mass is 9.67. The molecule has 7 heteroatoms. The number of rotatable bonds is 9. The van der Waals surface area contributed by atoms with E-state index in [4.69, 9.17) is 4.74 Å². The number of benzene rings is 1. The van der Waals surface area contributed by atoms with Gasteiger partial charge < -0.3 is 20.7 Å². The number of carbonyl (C=O) groups excluding carboxylic acids is 1. The van der Waals surface area contributed by atoms with Crippen molar-refractivity contribution in [1.82, 2.24) is 16.0 Å². The Morgan fingerprint density at radius 2 is 1.93 bits per heavy atom. The minimum Gasteiger partial charge on any atom is -0.385 e. The number of hydrogen-bond donors (Lipinski definition) is 3. The first kappa shape index (κ1) is 23.7. The fraction of sp³-hybridized carbons (Fsp3) is 0.600. The van der Waals surface area contributed by atoms with E-state index in [2.05, 4.69) is 27.9 Å². The topological polar surface area (TPSA) is 74.8 Å². The Morgan fingerprint density at radius 1 is 1.22 bits per heavy atom. The molecule has 1 aliphatic rings. The second-order valence-electron chi connectivity index (χ2n) is 6.92. The van der Waals surface area contributed by atoms with Crippen LogP contribution in [0.1, 0.15) is 48.5 Å². The molecule has 1 aromatic carbocycles. The monoisotopic (exact) mass is 488 g/mol. The third kappa shape index (κ3) is 7.29. The van der Waals surface area contributed by atoms with Gasteiger partial charge in [0.25, 0.3) is 5.91 Å². The van der Waals surface area contributed by atoms with Crippen LogP contribution < -0.4 is 16.0 Å². The highest BCUT2D eigenvalue weighted by Crippen LogP contribution is 2.43. The van der Waals surface area contributed by atoms with E-state index in [9.17, 15) is 4.79 Å². The van der Waals surface area contributed by atoms with Gasteiger partial charge in [-0.05, 0) is 49.3 Å². The number of amides is 1. The summed E-state index contributed by atoms with van der Waals surface area (Å²) < 4.78 is 5.27. The van der Waals surface area contributed by atoms with E-state index in [1.165, 1.54) is 19.3 Å². The molecule has 3 N–H and O–H groups in total. The minimum atomic E-state index is -0.0723. The molecule has 152 valence electrons. The van der Waals surface area contributed by atoms with Crippen molar-refractivity contribution >= 4 is 35.8 Å². The van der Waals surface area contributed by atoms with Crippen molar-refractivity contribution < 1.29 is 9.53 Å². The molecule has 0 radical (unpaired) electrons. The summed E-state index contributed by atoms with van der Waals surface area (Å²) in [5.74, 6) is 0.767. The first-order chi connectivity index (χ1) is 12.6. The van der Waals surface area contributed by atoms with Gasteiger partial charge in [-0.2, -0.15) is 0 Å². The zero-order valence-electron chi connectivity index (χ0n) is 16.6. The number of halogens is 1. The van der Waals surface area contributed by atoms with Crippen LogP contribution in [0, 0.1) is 5.41 Å². The third-order valence-corrected chi connectivity index (χ3v) is 5.09. The molecular weight excluding hydrogens is 455 g/mol. The maximum absolute atomic E-state index is 11.6. The van der Waals surface area contributed by atoms with Gasteiger partial charge in [0, 0.05) is 39.4 Å². The van der Waals surface area contributed by atoms with Crippen LogP contribution in [0.15, 0.2) is 29.3 Å². The van der Waals surface area contributed by atoms with Gasteiger partial charge in [0.15, 0.2) is 5.96 Å². The molecule has 0 aromatic heterocycles. The zero-order valence-corrected chi connectivity index (χ0v) is 19.0. The maximum Gasteiger partial charge on any atom is 0.251 e. The standard InChI is InChI=1S/C20H32N4O2.HI/c1-4-22-19(24-15-20(10-5-11-20)12-13-26-3)23-14-16-6-8-17(9-7-16)18(25)21-2;/h6-9H,4-5,10-15H2,1-3H3,(H,21,25)(H2,22,23,24);1H. The van der Waals surface area contributed by atoms with E-state index in [0.717, 1.165) is 37.6 Å². The molecule has 0 spiro atoms. The van der Waals surface area contributed by atoms with Crippen molar-refractivity contribution in [1.29, 1.82) is 0 Å². The van der Waals surface area contributed by atoms with E-state index in [0.29, 0.717) is 17.5 Å². The summed E-state index contributed by atoms with van der Waals surface area (Å²) in [4.78, 5) is 16.3. The molecule has 27 heavy (non-hydrogen) atoms. The number of ether oxygens (including phenoxy) is 1. The molecule has 1 aliphatic carbocycles. The van der Waals surface area contributed by atoms with Crippen LogP contribution in [0.4, 0.5) is 0 Å². The summed E-state index contributed by atoms with van der Waals surface area (Å²) in [5, 5.41) is 9.44. The molecule has 2 rings (SSSR count). The van der Waals surface area contributed by atoms with Crippen LogP contribution in [0.25, 0.3) is 0 Å². The number of methoxy groups -OCH3 is 1. The second kappa shape index (κ2) is 12.2. The Labute approximate surface area is 179 Å². The molecule has 1 amide bonds. The Morgan fingerprint density at radius 3 is 2.44 bits per heavy atom. The lowest BCUT2D eigenvalue weighted by Crippen LogP contribution is -2.46. The Kier molecular flexibility index (Phi) is 10.7. The molecule has 0 heterocycles. The van der Waals surface area contributed by atoms with Crippen LogP contribution in [0.3, 0.4) is 0 Å². The summed E-state index contributed by atoms with van der Waals surface area (Å²) in [6, 6.07) is 7.56. The second-order valence-corrected chi connectivity index (χ2v) is 6.92. The quantitative estimate of drug-likeness (QED) is 0.284. The summed E-state index contributed by atoms with van der Waals surface area (Å²) >= 11 is 0. The van der Waals surface area contributed by atoms with Gasteiger partial charge in [-0.1, -0.05) is 18.6 Å². The van der Waals surface area contributed by atoms with Crippen molar-refractivity contribution in [2.24, 2.45) is 10.4 Å². The molecule has 0 bridgehead atoms. The SMILES string of the molecule is CCNC(=NCc1ccc(C(=O)NC)cc1)NCC1(CCOC)CCC1.I. The number of guanidine groups is 1. The van der Waals surface area contributed by atoms with Crippen molar-refractivity contribution in [3.63, 3.8) is 0 Å². The number of carbonyl (C=O) groups is 1. The van der Waals surface area contributed by atoms with Crippen LogP contribution in [-0.4, -0.2) is 45.7 Å². The van der Waals surface area contributed by atoms with Gasteiger partial charge in [0.05, 0.1) is 6.54 Å². The van der Waals surface area contributed by atoms with Crippen LogP contribution in [0.5, 0.6) is 0 Å². The van der Waals surface area contributed by atoms with Crippen molar-refractivity contribution in [3.05, 3.63) is 35.4 Å². The highest BCUT2D eigenvalue weighted by molar-refractivity contribution is 14.0. The Hall–Kier alpha value is -1.35. The van der Waals surface area contributed by atoms with E-state index in [-0.39, 0.29) is 29.9 Å². The molecule has 0 saturated heterocycles. The molecule has 1 fully saturated rings. The molecule has 0 atom stereocenters. The first-order valence-corrected chi connectivity index (χ1v) is 9.44. The largest absolute Gasteiger partial charge is 0.385 e. The van der Waals surface area contributed by atoms with E-state index in [1.807, 2.05) is 24.3 Å². The van der Waals surface area contributed by atoms with Gasteiger partial charge in [-0.15, -0.1) is 24.0 Å². The number of aliphatic imine (C=N–C) groups is 1. The van der Waals surface area contributed by atoms with Gasteiger partial charge in [0.1, 0.15) is 0 Å². The lowest BCUT2D eigenvalue weighted by Gasteiger charge is -2.42. The van der Waals surface area contributed by atoms with Crippen molar-refractivity contribution in [2.75, 3.05) is 33.9 Å². The summed E-state index contributed by atoms with van der Waals surface area (Å²) in [7, 11) is 3.40. The number of nitrogens with zero attached hydrogens (tertiary/aromatic N) is 1. The normalized spacial score (nSPS) is 15.3. The average Bonchev–Trinajstić information content (AvgIpc) is 2.64. The molecule has 6 nitrogen and oxygen atoms in total. The number of nitrogens with one attached hydrogen (secondary N) is 3. The Bertz CT molecular complexity index is 601. The average molecular weight is 488 g/mol. The molecule has 1 saturated carbocycles. The summed E-state index contributed by atoms with van der Waals surface area (Å²) in [5.41, 5.74) is 2.09. The molecular formula is C20H33IN4O2. The van der Waals surface area contributed by atoms with Crippen molar-refractivity contribution in [3.8, 4) is 0 Å². The van der Waals surface area contributed by atoms with Gasteiger partial charge in [-0.25, -0.2) is 4.99 Å². The van der Waals surface area contributed by atoms with E-state index in [1.54, 1.807) is 14.2 Å². The number of hydrogen-bond acceptors (Lipinski definition) is 3. The van der Waals surface area contributed by atoms with Gasteiger partial charge in [0.2, 0.25) is 0 Å². The summed E-state index contributed by atoms with van der Waals surface area (Å²) in [6.45, 7) is 5.21. The van der Waals surface area contributed by atoms with Crippen LogP contribution in [0.2, 0.25) is 0 Å². The minimum absolute atomic E-state index is 0. The van der Waals surface area contributed by atoms with Gasteiger partial charge in [-0.3, -0.25) is 4.79 Å². The molecule has 1 aromatic rings. The highest BCUT2D eigenvalue weighted by Gasteiger charge is 2.36. The van der Waals surface area contributed by atoms with Crippen LogP contribution >= 0.6 is 24.0 Å². The fourth-order valence-corrected chi connectivity index (χ4v) is 3.20. The predicted octanol–water partition coefficient (Wildman–Crippen LogP) is 2.93. The zero-order chi connectivity index (χ0) is 18.8. The van der Waals surface area contributed by atoms with Crippen molar-refractivity contribution in [2.45, 2.75) is 39.2 Å². The van der Waals surface area contributed by atoms with E-state index < -0.39 is 0 Å². The maximum atomic E-state index is 11.6. The fourth-order valence-electron chi connectivity index (χ4n) is 3.20. The smallest absolute Gasteiger partial charge is 0.251 e. The molecule has 0 unspecified atom stereocenters. The molecule has 0 aliphatic heterocycles. The van der Waals surface area contributed by atoms with Crippen LogP contribution in [-0.2, 0) is 11.3 Å².